The molecule has 9 nitrogen and oxygen atoms in total. The lowest BCUT2D eigenvalue weighted by Gasteiger charge is -2.25. The Kier molecular flexibility index (Phi) is 5.16. The molecule has 1 aromatic rings. The number of benzene rings is 1. The predicted octanol–water partition coefficient (Wildman–Crippen LogP) is 0.389. The Labute approximate surface area is 134 Å². The topological polar surface area (TPSA) is 105 Å². The van der Waals surface area contributed by atoms with Gasteiger partial charge in [0, 0.05) is 13.1 Å². The molecule has 0 N–H and O–H groups in total. The highest BCUT2D eigenvalue weighted by Gasteiger charge is 2.40. The van der Waals surface area contributed by atoms with Crippen molar-refractivity contribution >= 4 is 15.9 Å². The number of sulfonamides is 1. The molecule has 1 saturated heterocycles. The summed E-state index contributed by atoms with van der Waals surface area (Å²) in [5.74, 6) is -0.515. The van der Waals surface area contributed by atoms with Gasteiger partial charge in [-0.1, -0.05) is 18.2 Å². The summed E-state index contributed by atoms with van der Waals surface area (Å²) in [6.07, 6.45) is -0.677. The Balaban J connectivity index is 2.14. The second-order valence-corrected chi connectivity index (χ2v) is 6.81. The molecule has 126 valence electrons. The molecule has 2 rings (SSSR count). The van der Waals surface area contributed by atoms with E-state index in [0.29, 0.717) is 0 Å². The molecule has 1 heterocycles. The van der Waals surface area contributed by atoms with E-state index in [-0.39, 0.29) is 22.8 Å². The standard InChI is InChI=1S/C13H18N4O5S/c1-11-15(13(18)10-17(19)14-22-2)8-9-16(11)23(20,21)12-6-4-3-5-7-12/h3-7,11H,8-10H2,1-2H3/b17-14-. The first-order valence-corrected chi connectivity index (χ1v) is 8.37. The lowest BCUT2D eigenvalue weighted by molar-refractivity contribution is -0.547. The molecule has 1 aliphatic heterocycles. The summed E-state index contributed by atoms with van der Waals surface area (Å²) >= 11 is 0. The Morgan fingerprint density at radius 2 is 2.04 bits per heavy atom. The van der Waals surface area contributed by atoms with Gasteiger partial charge in [-0.2, -0.15) is 4.31 Å². The molecule has 0 radical (unpaired) electrons. The van der Waals surface area contributed by atoms with Crippen LogP contribution in [-0.4, -0.2) is 61.3 Å². The molecule has 1 aliphatic rings. The van der Waals surface area contributed by atoms with Crippen molar-refractivity contribution in [1.82, 2.24) is 9.21 Å². The van der Waals surface area contributed by atoms with Gasteiger partial charge in [0.15, 0.2) is 5.28 Å². The van der Waals surface area contributed by atoms with Crippen molar-refractivity contribution in [1.29, 1.82) is 0 Å². The Morgan fingerprint density at radius 1 is 1.39 bits per heavy atom. The minimum atomic E-state index is -3.69. The third-order valence-corrected chi connectivity index (χ3v) is 5.52. The van der Waals surface area contributed by atoms with E-state index in [2.05, 4.69) is 10.1 Å². The molecule has 23 heavy (non-hydrogen) atoms. The highest BCUT2D eigenvalue weighted by atomic mass is 32.2. The summed E-state index contributed by atoms with van der Waals surface area (Å²) in [7, 11) is -2.50. The van der Waals surface area contributed by atoms with Crippen LogP contribution in [0.5, 0.6) is 0 Å². The van der Waals surface area contributed by atoms with Crippen LogP contribution >= 0.6 is 0 Å². The van der Waals surface area contributed by atoms with Crippen molar-refractivity contribution in [2.24, 2.45) is 5.28 Å². The van der Waals surface area contributed by atoms with Crippen molar-refractivity contribution in [2.75, 3.05) is 26.7 Å². The van der Waals surface area contributed by atoms with E-state index in [1.54, 1.807) is 25.1 Å². The minimum Gasteiger partial charge on any atom is -0.597 e. The number of rotatable bonds is 5. The van der Waals surface area contributed by atoms with Gasteiger partial charge in [-0.05, 0) is 23.9 Å². The van der Waals surface area contributed by atoms with Gasteiger partial charge in [-0.15, -0.1) is 0 Å². The first-order valence-electron chi connectivity index (χ1n) is 6.93. The number of hydrogen-bond donors (Lipinski definition) is 0. The number of carbonyl (C=O) groups excluding carboxylic acids is 1. The van der Waals surface area contributed by atoms with Crippen molar-refractivity contribution in [3.05, 3.63) is 35.5 Å². The zero-order chi connectivity index (χ0) is 17.0. The summed E-state index contributed by atoms with van der Waals surface area (Å²) in [5.41, 5.74) is 0. The van der Waals surface area contributed by atoms with Gasteiger partial charge in [-0.3, -0.25) is 4.79 Å². The van der Waals surface area contributed by atoms with Crippen LogP contribution in [0.3, 0.4) is 0 Å². The SMILES string of the molecule is CO/N=[N+](\[O-])CC(=O)N1CCN(S(=O)(=O)c2ccccc2)C1C. The van der Waals surface area contributed by atoms with Crippen LogP contribution < -0.4 is 0 Å². The first-order chi connectivity index (χ1) is 10.9. The number of hydroxylamine groups is 1. The normalized spacial score (nSPS) is 19.8. The number of carbonyl (C=O) groups is 1. The third kappa shape index (κ3) is 3.59. The highest BCUT2D eigenvalue weighted by Crippen LogP contribution is 2.24. The average molecular weight is 342 g/mol. The fourth-order valence-corrected chi connectivity index (χ4v) is 4.05. The van der Waals surface area contributed by atoms with Crippen LogP contribution in [0, 0.1) is 5.21 Å². The quantitative estimate of drug-likeness (QED) is 0.437. The molecule has 1 amide bonds. The van der Waals surface area contributed by atoms with Crippen molar-refractivity contribution in [3.63, 3.8) is 0 Å². The third-order valence-electron chi connectivity index (χ3n) is 3.54. The molecular formula is C13H18N4O5S. The van der Waals surface area contributed by atoms with Crippen LogP contribution in [0.2, 0.25) is 0 Å². The monoisotopic (exact) mass is 342 g/mol. The second kappa shape index (κ2) is 6.92. The molecule has 1 unspecified atom stereocenters. The van der Waals surface area contributed by atoms with Crippen molar-refractivity contribution < 1.29 is 22.9 Å². The first kappa shape index (κ1) is 17.2. The predicted molar refractivity (Wildman–Crippen MR) is 79.4 cm³/mol. The molecule has 0 spiro atoms. The van der Waals surface area contributed by atoms with Crippen LogP contribution in [0.1, 0.15) is 6.92 Å². The van der Waals surface area contributed by atoms with E-state index < -0.39 is 28.6 Å². The maximum Gasteiger partial charge on any atom is 0.293 e. The largest absolute Gasteiger partial charge is 0.597 e. The second-order valence-electron chi connectivity index (χ2n) is 4.92. The van der Waals surface area contributed by atoms with Crippen LogP contribution in [0.25, 0.3) is 0 Å². The van der Waals surface area contributed by atoms with E-state index in [9.17, 15) is 18.4 Å². The van der Waals surface area contributed by atoms with E-state index in [4.69, 9.17) is 0 Å². The maximum absolute atomic E-state index is 12.6. The van der Waals surface area contributed by atoms with Gasteiger partial charge in [0.2, 0.25) is 10.0 Å². The minimum absolute atomic E-state index is 0.114. The fraction of sp³-hybridized carbons (Fsp3) is 0.462. The molecule has 0 aliphatic carbocycles. The molecule has 10 heteroatoms. The molecule has 1 atom stereocenters. The lowest BCUT2D eigenvalue weighted by Crippen LogP contribution is -2.44. The maximum atomic E-state index is 12.6. The molecule has 0 bridgehead atoms. The van der Waals surface area contributed by atoms with Gasteiger partial charge in [0.25, 0.3) is 12.5 Å². The fourth-order valence-electron chi connectivity index (χ4n) is 2.44. The summed E-state index contributed by atoms with van der Waals surface area (Å²) in [6, 6.07) is 8.01. The number of hydrogen-bond acceptors (Lipinski definition) is 6. The highest BCUT2D eigenvalue weighted by molar-refractivity contribution is 7.89. The van der Waals surface area contributed by atoms with E-state index in [0.717, 1.165) is 0 Å². The molecule has 0 saturated carbocycles. The summed E-state index contributed by atoms with van der Waals surface area (Å²) in [5, 5.41) is 14.3. The summed E-state index contributed by atoms with van der Waals surface area (Å²) in [4.78, 5) is 18.0. The van der Waals surface area contributed by atoms with Crippen LogP contribution in [0.4, 0.5) is 0 Å². The zero-order valence-electron chi connectivity index (χ0n) is 12.8. The van der Waals surface area contributed by atoms with E-state index >= 15 is 0 Å². The number of nitrogens with zero attached hydrogens (tertiary/aromatic N) is 4. The van der Waals surface area contributed by atoms with Gasteiger partial charge < -0.3 is 14.9 Å². The van der Waals surface area contributed by atoms with E-state index in [1.165, 1.54) is 28.4 Å². The van der Waals surface area contributed by atoms with Gasteiger partial charge in [-0.25, -0.2) is 8.42 Å². The smallest absolute Gasteiger partial charge is 0.293 e. The lowest BCUT2D eigenvalue weighted by atomic mass is 10.4. The van der Waals surface area contributed by atoms with Crippen LogP contribution in [-0.2, 0) is 19.7 Å². The van der Waals surface area contributed by atoms with Crippen molar-refractivity contribution in [2.45, 2.75) is 18.0 Å². The Morgan fingerprint density at radius 3 is 2.65 bits per heavy atom. The van der Waals surface area contributed by atoms with Crippen molar-refractivity contribution in [3.8, 4) is 0 Å². The summed E-state index contributed by atoms with van der Waals surface area (Å²) < 4.78 is 26.5. The molecule has 1 aromatic carbocycles. The molecule has 1 fully saturated rings. The Hall–Kier alpha value is -2.20. The van der Waals surface area contributed by atoms with Gasteiger partial charge in [0.05, 0.1) is 11.1 Å². The zero-order valence-corrected chi connectivity index (χ0v) is 13.6. The summed E-state index contributed by atoms with van der Waals surface area (Å²) in [6.45, 7) is 1.46. The average Bonchev–Trinajstić information content (AvgIpc) is 2.91. The molecule has 0 aromatic heterocycles. The van der Waals surface area contributed by atoms with E-state index in [1.807, 2.05) is 0 Å². The Bertz CT molecular complexity index is 692. The van der Waals surface area contributed by atoms with Gasteiger partial charge in [0.1, 0.15) is 7.11 Å². The van der Waals surface area contributed by atoms with Crippen LogP contribution in [0.15, 0.2) is 40.5 Å². The number of amides is 1. The van der Waals surface area contributed by atoms with Gasteiger partial charge >= 0.3 is 0 Å². The molecular weight excluding hydrogens is 324 g/mol.